The van der Waals surface area contributed by atoms with Crippen molar-refractivity contribution in [1.29, 1.82) is 0 Å². The SMILES string of the molecule is CCCC(CCCc1cc(F)c(F)c(F)c1)C1OCC(C)CO1. The third kappa shape index (κ3) is 5.21. The Morgan fingerprint density at radius 3 is 2.26 bits per heavy atom. The molecule has 1 unspecified atom stereocenters. The molecule has 5 heteroatoms. The maximum absolute atomic E-state index is 13.2. The van der Waals surface area contributed by atoms with E-state index >= 15 is 0 Å². The molecular formula is C18H25F3O2. The minimum atomic E-state index is -1.41. The zero-order valence-electron chi connectivity index (χ0n) is 13.8. The number of halogens is 3. The largest absolute Gasteiger partial charge is 0.352 e. The van der Waals surface area contributed by atoms with Gasteiger partial charge in [-0.2, -0.15) is 0 Å². The third-order valence-corrected chi connectivity index (χ3v) is 4.22. The Kier molecular flexibility index (Phi) is 6.90. The van der Waals surface area contributed by atoms with Gasteiger partial charge in [-0.05, 0) is 43.4 Å². The summed E-state index contributed by atoms with van der Waals surface area (Å²) in [5.41, 5.74) is 0.482. The third-order valence-electron chi connectivity index (χ3n) is 4.22. The molecule has 0 bridgehead atoms. The van der Waals surface area contributed by atoms with Crippen LogP contribution in [0.4, 0.5) is 13.2 Å². The van der Waals surface area contributed by atoms with Crippen LogP contribution in [0.15, 0.2) is 12.1 Å². The normalized spacial score (nSPS) is 23.0. The number of hydrogen-bond acceptors (Lipinski definition) is 2. The molecule has 1 aliphatic rings. The van der Waals surface area contributed by atoms with Gasteiger partial charge in [0.2, 0.25) is 0 Å². The van der Waals surface area contributed by atoms with Crippen molar-refractivity contribution in [2.24, 2.45) is 11.8 Å². The lowest BCUT2D eigenvalue weighted by molar-refractivity contribution is -0.224. The second-order valence-corrected chi connectivity index (χ2v) is 6.45. The van der Waals surface area contributed by atoms with Gasteiger partial charge >= 0.3 is 0 Å². The maximum atomic E-state index is 13.2. The Morgan fingerprint density at radius 2 is 1.70 bits per heavy atom. The van der Waals surface area contributed by atoms with Crippen LogP contribution in [0.25, 0.3) is 0 Å². The highest BCUT2D eigenvalue weighted by atomic mass is 19.2. The van der Waals surface area contributed by atoms with Gasteiger partial charge in [0, 0.05) is 11.8 Å². The van der Waals surface area contributed by atoms with E-state index in [1.807, 2.05) is 0 Å². The predicted molar refractivity (Wildman–Crippen MR) is 82.5 cm³/mol. The van der Waals surface area contributed by atoms with Crippen LogP contribution in [0.5, 0.6) is 0 Å². The minimum Gasteiger partial charge on any atom is -0.352 e. The number of ether oxygens (including phenoxy) is 2. The first-order valence-electron chi connectivity index (χ1n) is 8.37. The fourth-order valence-electron chi connectivity index (χ4n) is 2.99. The van der Waals surface area contributed by atoms with Gasteiger partial charge in [-0.3, -0.25) is 0 Å². The molecule has 2 rings (SSSR count). The highest BCUT2D eigenvalue weighted by molar-refractivity contribution is 5.19. The number of rotatable bonds is 7. The summed E-state index contributed by atoms with van der Waals surface area (Å²) in [6.45, 7) is 5.62. The van der Waals surface area contributed by atoms with Crippen molar-refractivity contribution >= 4 is 0 Å². The molecule has 1 aromatic rings. The van der Waals surface area contributed by atoms with Gasteiger partial charge in [-0.15, -0.1) is 0 Å². The Balaban J connectivity index is 1.86. The highest BCUT2D eigenvalue weighted by Gasteiger charge is 2.26. The molecule has 0 amide bonds. The van der Waals surface area contributed by atoms with Crippen LogP contribution >= 0.6 is 0 Å². The molecule has 1 heterocycles. The predicted octanol–water partition coefficient (Wildman–Crippen LogP) is 4.85. The molecule has 1 saturated heterocycles. The zero-order valence-corrected chi connectivity index (χ0v) is 13.8. The maximum Gasteiger partial charge on any atom is 0.194 e. The Hall–Kier alpha value is -1.07. The fourth-order valence-corrected chi connectivity index (χ4v) is 2.99. The summed E-state index contributed by atoms with van der Waals surface area (Å²) in [5, 5.41) is 0. The lowest BCUT2D eigenvalue weighted by Gasteiger charge is -2.33. The second-order valence-electron chi connectivity index (χ2n) is 6.45. The molecule has 2 nitrogen and oxygen atoms in total. The molecule has 1 aromatic carbocycles. The minimum absolute atomic E-state index is 0.187. The zero-order chi connectivity index (χ0) is 16.8. The summed E-state index contributed by atoms with van der Waals surface area (Å²) in [4.78, 5) is 0. The number of benzene rings is 1. The molecule has 0 N–H and O–H groups in total. The molecule has 0 saturated carbocycles. The molecule has 0 spiro atoms. The lowest BCUT2D eigenvalue weighted by atomic mass is 9.94. The van der Waals surface area contributed by atoms with Crippen molar-refractivity contribution in [3.63, 3.8) is 0 Å². The summed E-state index contributed by atoms with van der Waals surface area (Å²) in [7, 11) is 0. The van der Waals surface area contributed by atoms with E-state index < -0.39 is 17.5 Å². The van der Waals surface area contributed by atoms with Crippen molar-refractivity contribution in [1.82, 2.24) is 0 Å². The van der Waals surface area contributed by atoms with E-state index in [4.69, 9.17) is 9.47 Å². The molecule has 1 aliphatic heterocycles. The van der Waals surface area contributed by atoms with Crippen LogP contribution in [0.3, 0.4) is 0 Å². The van der Waals surface area contributed by atoms with Crippen LogP contribution in [0, 0.1) is 29.3 Å². The highest BCUT2D eigenvalue weighted by Crippen LogP contribution is 2.26. The van der Waals surface area contributed by atoms with E-state index in [0.29, 0.717) is 31.1 Å². The standard InChI is InChI=1S/C18H25F3O2/c1-3-5-14(18-22-10-12(2)11-23-18)7-4-6-13-8-15(19)17(21)16(20)9-13/h8-9,12,14,18H,3-7,10-11H2,1-2H3. The summed E-state index contributed by atoms with van der Waals surface area (Å²) in [6, 6.07) is 2.14. The summed E-state index contributed by atoms with van der Waals surface area (Å²) >= 11 is 0. The summed E-state index contributed by atoms with van der Waals surface area (Å²) in [5.74, 6) is -2.96. The average molecular weight is 330 g/mol. The van der Waals surface area contributed by atoms with E-state index in [1.54, 1.807) is 0 Å². The van der Waals surface area contributed by atoms with E-state index in [0.717, 1.165) is 37.8 Å². The van der Waals surface area contributed by atoms with Crippen LogP contribution < -0.4 is 0 Å². The number of hydrogen-bond donors (Lipinski definition) is 0. The average Bonchev–Trinajstić information content (AvgIpc) is 2.52. The van der Waals surface area contributed by atoms with Gasteiger partial charge in [-0.25, -0.2) is 13.2 Å². The first-order valence-corrected chi connectivity index (χ1v) is 8.37. The summed E-state index contributed by atoms with van der Waals surface area (Å²) < 4.78 is 50.9. The van der Waals surface area contributed by atoms with Gasteiger partial charge in [0.05, 0.1) is 13.2 Å². The molecule has 0 aliphatic carbocycles. The Bertz CT molecular complexity index is 476. The Labute approximate surface area is 136 Å². The molecular weight excluding hydrogens is 305 g/mol. The molecule has 0 radical (unpaired) electrons. The second kappa shape index (κ2) is 8.69. The van der Waals surface area contributed by atoms with Crippen molar-refractivity contribution in [2.45, 2.75) is 52.2 Å². The molecule has 1 fully saturated rings. The van der Waals surface area contributed by atoms with E-state index in [-0.39, 0.29) is 12.2 Å². The smallest absolute Gasteiger partial charge is 0.194 e. The first-order chi connectivity index (χ1) is 11.0. The Morgan fingerprint density at radius 1 is 1.09 bits per heavy atom. The van der Waals surface area contributed by atoms with Gasteiger partial charge in [0.1, 0.15) is 0 Å². The van der Waals surface area contributed by atoms with Crippen LogP contribution in [0.2, 0.25) is 0 Å². The summed E-state index contributed by atoms with van der Waals surface area (Å²) in [6.07, 6.45) is 3.96. The topological polar surface area (TPSA) is 18.5 Å². The van der Waals surface area contributed by atoms with Crippen molar-refractivity contribution < 1.29 is 22.6 Å². The van der Waals surface area contributed by atoms with Crippen LogP contribution in [-0.2, 0) is 15.9 Å². The van der Waals surface area contributed by atoms with Gasteiger partial charge in [0.15, 0.2) is 23.7 Å². The van der Waals surface area contributed by atoms with Crippen LogP contribution in [0.1, 0.15) is 45.1 Å². The van der Waals surface area contributed by atoms with Crippen LogP contribution in [-0.4, -0.2) is 19.5 Å². The molecule has 0 aromatic heterocycles. The van der Waals surface area contributed by atoms with Crippen molar-refractivity contribution in [3.05, 3.63) is 35.1 Å². The van der Waals surface area contributed by atoms with E-state index in [2.05, 4.69) is 13.8 Å². The molecule has 23 heavy (non-hydrogen) atoms. The van der Waals surface area contributed by atoms with Gasteiger partial charge in [0.25, 0.3) is 0 Å². The lowest BCUT2D eigenvalue weighted by Crippen LogP contribution is -2.36. The fraction of sp³-hybridized carbons (Fsp3) is 0.667. The van der Waals surface area contributed by atoms with Crippen molar-refractivity contribution in [3.8, 4) is 0 Å². The molecule has 130 valence electrons. The van der Waals surface area contributed by atoms with Gasteiger partial charge in [-0.1, -0.05) is 20.3 Å². The van der Waals surface area contributed by atoms with E-state index in [9.17, 15) is 13.2 Å². The van der Waals surface area contributed by atoms with E-state index in [1.165, 1.54) is 0 Å². The van der Waals surface area contributed by atoms with Crippen molar-refractivity contribution in [2.75, 3.05) is 13.2 Å². The molecule has 1 atom stereocenters. The van der Waals surface area contributed by atoms with Gasteiger partial charge < -0.3 is 9.47 Å². The quantitative estimate of drug-likeness (QED) is 0.665. The first kappa shape index (κ1) is 18.3. The number of aryl methyl sites for hydroxylation is 1. The monoisotopic (exact) mass is 330 g/mol.